The standard InChI is InChI=1S/C16H17F2NO2/c1-20-15-5-3-10(7-12(15)17)8-14(19)11-4-6-16(21-2)13(18)9-11/h3-7,9,14H,8,19H2,1-2H3. The third kappa shape index (κ3) is 3.49. The Morgan fingerprint density at radius 2 is 1.52 bits per heavy atom. The molecule has 3 nitrogen and oxygen atoms in total. The van der Waals surface area contributed by atoms with Crippen molar-refractivity contribution in [2.24, 2.45) is 5.73 Å². The molecular weight excluding hydrogens is 276 g/mol. The van der Waals surface area contributed by atoms with Gasteiger partial charge in [0.15, 0.2) is 23.1 Å². The summed E-state index contributed by atoms with van der Waals surface area (Å²) in [4.78, 5) is 0. The maximum absolute atomic E-state index is 13.7. The fourth-order valence-electron chi connectivity index (χ4n) is 2.12. The van der Waals surface area contributed by atoms with E-state index >= 15 is 0 Å². The lowest BCUT2D eigenvalue weighted by molar-refractivity contribution is 0.385. The van der Waals surface area contributed by atoms with Crippen molar-refractivity contribution in [3.63, 3.8) is 0 Å². The van der Waals surface area contributed by atoms with Gasteiger partial charge in [-0.15, -0.1) is 0 Å². The third-order valence-electron chi connectivity index (χ3n) is 3.28. The van der Waals surface area contributed by atoms with Gasteiger partial charge in [0.25, 0.3) is 0 Å². The third-order valence-corrected chi connectivity index (χ3v) is 3.28. The molecule has 21 heavy (non-hydrogen) atoms. The van der Waals surface area contributed by atoms with Crippen LogP contribution in [0, 0.1) is 11.6 Å². The number of rotatable bonds is 5. The van der Waals surface area contributed by atoms with Crippen molar-refractivity contribution in [2.75, 3.05) is 14.2 Å². The average molecular weight is 293 g/mol. The summed E-state index contributed by atoms with van der Waals surface area (Å²) in [5.74, 6) is -0.557. The van der Waals surface area contributed by atoms with E-state index < -0.39 is 17.7 Å². The minimum absolute atomic E-state index is 0.168. The van der Waals surface area contributed by atoms with Gasteiger partial charge in [-0.1, -0.05) is 12.1 Å². The largest absolute Gasteiger partial charge is 0.494 e. The Kier molecular flexibility index (Phi) is 4.75. The lowest BCUT2D eigenvalue weighted by Gasteiger charge is -2.14. The van der Waals surface area contributed by atoms with Gasteiger partial charge in [-0.25, -0.2) is 8.78 Å². The topological polar surface area (TPSA) is 44.5 Å². The first-order valence-corrected chi connectivity index (χ1v) is 6.46. The molecule has 2 rings (SSSR count). The van der Waals surface area contributed by atoms with Crippen LogP contribution in [-0.2, 0) is 6.42 Å². The van der Waals surface area contributed by atoms with Crippen molar-refractivity contribution in [3.8, 4) is 11.5 Å². The van der Waals surface area contributed by atoms with Gasteiger partial charge in [-0.3, -0.25) is 0 Å². The molecule has 0 aliphatic heterocycles. The average Bonchev–Trinajstić information content (AvgIpc) is 2.47. The van der Waals surface area contributed by atoms with Gasteiger partial charge >= 0.3 is 0 Å². The minimum Gasteiger partial charge on any atom is -0.494 e. The molecule has 2 N–H and O–H groups in total. The fraction of sp³-hybridized carbons (Fsp3) is 0.250. The summed E-state index contributed by atoms with van der Waals surface area (Å²) < 4.78 is 37.0. The fourth-order valence-corrected chi connectivity index (χ4v) is 2.12. The first-order valence-electron chi connectivity index (χ1n) is 6.46. The summed E-state index contributed by atoms with van der Waals surface area (Å²) in [5.41, 5.74) is 7.40. The van der Waals surface area contributed by atoms with E-state index in [0.717, 1.165) is 5.56 Å². The lowest BCUT2D eigenvalue weighted by atomic mass is 9.99. The van der Waals surface area contributed by atoms with Crippen molar-refractivity contribution in [3.05, 3.63) is 59.2 Å². The van der Waals surface area contributed by atoms with Crippen LogP contribution in [0.4, 0.5) is 8.78 Å². The summed E-state index contributed by atoms with van der Waals surface area (Å²) in [6, 6.07) is 8.79. The smallest absolute Gasteiger partial charge is 0.165 e. The highest BCUT2D eigenvalue weighted by Gasteiger charge is 2.12. The van der Waals surface area contributed by atoms with Gasteiger partial charge < -0.3 is 15.2 Å². The molecule has 0 saturated heterocycles. The van der Waals surface area contributed by atoms with Crippen LogP contribution < -0.4 is 15.2 Å². The van der Waals surface area contributed by atoms with Gasteiger partial charge in [-0.05, 0) is 41.8 Å². The molecule has 0 saturated carbocycles. The predicted octanol–water partition coefficient (Wildman–Crippen LogP) is 3.22. The van der Waals surface area contributed by atoms with Crippen LogP contribution in [0.1, 0.15) is 17.2 Å². The number of nitrogens with two attached hydrogens (primary N) is 1. The van der Waals surface area contributed by atoms with E-state index in [4.69, 9.17) is 15.2 Å². The molecule has 0 bridgehead atoms. The van der Waals surface area contributed by atoms with Crippen LogP contribution in [0.5, 0.6) is 11.5 Å². The normalized spacial score (nSPS) is 12.0. The lowest BCUT2D eigenvalue weighted by Crippen LogP contribution is -2.14. The van der Waals surface area contributed by atoms with E-state index in [2.05, 4.69) is 0 Å². The van der Waals surface area contributed by atoms with Gasteiger partial charge in [0.05, 0.1) is 14.2 Å². The van der Waals surface area contributed by atoms with Crippen molar-refractivity contribution >= 4 is 0 Å². The van der Waals surface area contributed by atoms with Crippen LogP contribution >= 0.6 is 0 Å². The predicted molar refractivity (Wildman–Crippen MR) is 76.5 cm³/mol. The molecule has 0 radical (unpaired) electrons. The van der Waals surface area contributed by atoms with Crippen molar-refractivity contribution < 1.29 is 18.3 Å². The Hall–Kier alpha value is -2.14. The van der Waals surface area contributed by atoms with Crippen LogP contribution in [0.2, 0.25) is 0 Å². The molecule has 0 aliphatic rings. The highest BCUT2D eigenvalue weighted by molar-refractivity contribution is 5.33. The molecule has 2 aromatic rings. The zero-order valence-electron chi connectivity index (χ0n) is 11.9. The monoisotopic (exact) mass is 293 g/mol. The van der Waals surface area contributed by atoms with E-state index in [0.29, 0.717) is 12.0 Å². The second-order valence-corrected chi connectivity index (χ2v) is 4.67. The van der Waals surface area contributed by atoms with Crippen LogP contribution in [-0.4, -0.2) is 14.2 Å². The molecule has 112 valence electrons. The second-order valence-electron chi connectivity index (χ2n) is 4.67. The zero-order valence-corrected chi connectivity index (χ0v) is 11.9. The highest BCUT2D eigenvalue weighted by atomic mass is 19.1. The van der Waals surface area contributed by atoms with Crippen LogP contribution in [0.15, 0.2) is 36.4 Å². The van der Waals surface area contributed by atoms with Gasteiger partial charge in [0, 0.05) is 6.04 Å². The molecule has 0 heterocycles. The molecule has 0 aliphatic carbocycles. The molecule has 1 unspecified atom stereocenters. The van der Waals surface area contributed by atoms with Crippen molar-refractivity contribution in [1.29, 1.82) is 0 Å². The Morgan fingerprint density at radius 3 is 2.05 bits per heavy atom. The second kappa shape index (κ2) is 6.54. The molecule has 0 fully saturated rings. The Bertz CT molecular complexity index is 632. The molecular formula is C16H17F2NO2. The number of hydrogen-bond acceptors (Lipinski definition) is 3. The number of hydrogen-bond donors (Lipinski definition) is 1. The number of benzene rings is 2. The van der Waals surface area contributed by atoms with Crippen LogP contribution in [0.25, 0.3) is 0 Å². The van der Waals surface area contributed by atoms with Crippen molar-refractivity contribution in [1.82, 2.24) is 0 Å². The SMILES string of the molecule is COc1ccc(CC(N)c2ccc(OC)c(F)c2)cc1F. The molecule has 5 heteroatoms. The van der Waals surface area contributed by atoms with Crippen molar-refractivity contribution in [2.45, 2.75) is 12.5 Å². The summed E-state index contributed by atoms with van der Waals surface area (Å²) in [6.45, 7) is 0. The molecule has 1 atom stereocenters. The number of methoxy groups -OCH3 is 2. The quantitative estimate of drug-likeness (QED) is 0.920. The summed E-state index contributed by atoms with van der Waals surface area (Å²) >= 11 is 0. The number of halogens is 2. The number of ether oxygens (including phenoxy) is 2. The van der Waals surface area contributed by atoms with E-state index in [1.807, 2.05) is 0 Å². The molecule has 0 amide bonds. The molecule has 0 spiro atoms. The Morgan fingerprint density at radius 1 is 0.952 bits per heavy atom. The van der Waals surface area contributed by atoms with Gasteiger partial charge in [-0.2, -0.15) is 0 Å². The molecule has 0 aromatic heterocycles. The van der Waals surface area contributed by atoms with E-state index in [-0.39, 0.29) is 11.5 Å². The van der Waals surface area contributed by atoms with E-state index in [9.17, 15) is 8.78 Å². The first kappa shape index (κ1) is 15.3. The van der Waals surface area contributed by atoms with Crippen LogP contribution in [0.3, 0.4) is 0 Å². The highest BCUT2D eigenvalue weighted by Crippen LogP contribution is 2.24. The Balaban J connectivity index is 2.15. The van der Waals surface area contributed by atoms with Gasteiger partial charge in [0.1, 0.15) is 0 Å². The Labute approximate surface area is 122 Å². The summed E-state index contributed by atoms with van der Waals surface area (Å²) in [7, 11) is 2.81. The zero-order chi connectivity index (χ0) is 15.4. The minimum atomic E-state index is -0.466. The summed E-state index contributed by atoms with van der Waals surface area (Å²) in [5, 5.41) is 0. The maximum atomic E-state index is 13.7. The van der Waals surface area contributed by atoms with E-state index in [1.165, 1.54) is 32.4 Å². The first-order chi connectivity index (χ1) is 10.0. The molecule has 2 aromatic carbocycles. The summed E-state index contributed by atoms with van der Waals surface area (Å²) in [6.07, 6.45) is 0.396. The van der Waals surface area contributed by atoms with Gasteiger partial charge in [0.2, 0.25) is 0 Å². The maximum Gasteiger partial charge on any atom is 0.165 e. The van der Waals surface area contributed by atoms with E-state index in [1.54, 1.807) is 18.2 Å².